The zero-order valence-electron chi connectivity index (χ0n) is 13.9. The highest BCUT2D eigenvalue weighted by Crippen LogP contribution is 2.38. The van der Waals surface area contributed by atoms with E-state index in [9.17, 15) is 9.90 Å². The molecule has 2 aromatic carbocycles. The fourth-order valence-corrected chi connectivity index (χ4v) is 3.59. The second-order valence-electron chi connectivity index (χ2n) is 6.09. The summed E-state index contributed by atoms with van der Waals surface area (Å²) in [6, 6.07) is 18.0. The predicted octanol–water partition coefficient (Wildman–Crippen LogP) is 2.88. The third-order valence-electron chi connectivity index (χ3n) is 4.80. The number of hydrogen-bond acceptors (Lipinski definition) is 4. The number of rotatable bonds is 5. The number of fused-ring (bicyclic) bond motifs is 1. The van der Waals surface area contributed by atoms with E-state index in [2.05, 4.69) is 17.0 Å². The van der Waals surface area contributed by atoms with Gasteiger partial charge >= 0.3 is 5.97 Å². The number of carbonyl (C=O) groups excluding carboxylic acids is 1. The summed E-state index contributed by atoms with van der Waals surface area (Å²) in [5.74, 6) is -0.230. The fourth-order valence-electron chi connectivity index (χ4n) is 3.59. The molecule has 0 radical (unpaired) electrons. The Balaban J connectivity index is 1.97. The van der Waals surface area contributed by atoms with Crippen molar-refractivity contribution in [3.8, 4) is 0 Å². The van der Waals surface area contributed by atoms with E-state index in [1.54, 1.807) is 0 Å². The van der Waals surface area contributed by atoms with Crippen molar-refractivity contribution in [2.24, 2.45) is 0 Å². The summed E-state index contributed by atoms with van der Waals surface area (Å²) in [5, 5.41) is 10.0. The molecule has 0 unspecified atom stereocenters. The average Bonchev–Trinajstić information content (AvgIpc) is 2.64. The van der Waals surface area contributed by atoms with Gasteiger partial charge in [-0.15, -0.1) is 0 Å². The Kier molecular flexibility index (Phi) is 5.28. The zero-order chi connectivity index (χ0) is 16.9. The Hall–Kier alpha value is -2.17. The number of aliphatic hydroxyl groups excluding tert-OH is 1. The molecule has 3 rings (SSSR count). The zero-order valence-corrected chi connectivity index (χ0v) is 13.9. The first-order valence-corrected chi connectivity index (χ1v) is 8.30. The van der Waals surface area contributed by atoms with Crippen LogP contribution in [-0.4, -0.2) is 36.2 Å². The van der Waals surface area contributed by atoms with Gasteiger partial charge in [-0.2, -0.15) is 0 Å². The minimum Gasteiger partial charge on any atom is -0.469 e. The lowest BCUT2D eigenvalue weighted by molar-refractivity contribution is -0.142. The second kappa shape index (κ2) is 7.60. The van der Waals surface area contributed by atoms with Gasteiger partial charge in [0.05, 0.1) is 26.2 Å². The topological polar surface area (TPSA) is 49.8 Å². The van der Waals surface area contributed by atoms with Crippen molar-refractivity contribution in [2.75, 3.05) is 20.3 Å². The molecule has 4 heteroatoms. The summed E-state index contributed by atoms with van der Waals surface area (Å²) in [7, 11) is 1.42. The molecule has 0 aliphatic carbocycles. The molecule has 0 saturated heterocycles. The molecule has 2 atom stereocenters. The van der Waals surface area contributed by atoms with Gasteiger partial charge in [0, 0.05) is 12.6 Å². The highest BCUT2D eigenvalue weighted by atomic mass is 16.5. The van der Waals surface area contributed by atoms with Gasteiger partial charge in [-0.05, 0) is 23.1 Å². The molecule has 24 heavy (non-hydrogen) atoms. The maximum Gasteiger partial charge on any atom is 0.307 e. The minimum absolute atomic E-state index is 0.0177. The van der Waals surface area contributed by atoms with E-state index in [1.807, 2.05) is 42.5 Å². The lowest BCUT2D eigenvalue weighted by Gasteiger charge is -2.41. The van der Waals surface area contributed by atoms with Crippen molar-refractivity contribution >= 4 is 5.97 Å². The van der Waals surface area contributed by atoms with Crippen LogP contribution in [0.15, 0.2) is 54.6 Å². The number of carbonyl (C=O) groups is 1. The Morgan fingerprint density at radius 1 is 1.21 bits per heavy atom. The SMILES string of the molecule is COC(=O)C[C@@H]1c2ccccc2CCN1[C@@H](CO)c1ccccc1. The maximum absolute atomic E-state index is 12.0. The number of benzene rings is 2. The number of methoxy groups -OCH3 is 1. The van der Waals surface area contributed by atoms with E-state index in [0.29, 0.717) is 0 Å². The van der Waals surface area contributed by atoms with E-state index in [0.717, 1.165) is 24.1 Å². The molecule has 0 bridgehead atoms. The summed E-state index contributed by atoms with van der Waals surface area (Å²) >= 11 is 0. The van der Waals surface area contributed by atoms with E-state index >= 15 is 0 Å². The van der Waals surface area contributed by atoms with Crippen LogP contribution in [0.4, 0.5) is 0 Å². The number of hydrogen-bond donors (Lipinski definition) is 1. The Bertz CT molecular complexity index is 686. The Morgan fingerprint density at radius 3 is 2.62 bits per heavy atom. The first-order valence-electron chi connectivity index (χ1n) is 8.30. The van der Waals surface area contributed by atoms with Crippen molar-refractivity contribution in [3.63, 3.8) is 0 Å². The van der Waals surface area contributed by atoms with Crippen molar-refractivity contribution in [1.82, 2.24) is 4.90 Å². The molecule has 2 aromatic rings. The number of esters is 1. The molecule has 1 heterocycles. The first kappa shape index (κ1) is 16.7. The molecule has 4 nitrogen and oxygen atoms in total. The molecule has 1 N–H and O–H groups in total. The van der Waals surface area contributed by atoms with Gasteiger partial charge in [0.15, 0.2) is 0 Å². The van der Waals surface area contributed by atoms with E-state index in [4.69, 9.17) is 4.74 Å². The minimum atomic E-state index is -0.230. The highest BCUT2D eigenvalue weighted by Gasteiger charge is 2.34. The lowest BCUT2D eigenvalue weighted by atomic mass is 9.88. The molecular weight excluding hydrogens is 302 g/mol. The van der Waals surface area contributed by atoms with Gasteiger partial charge in [-0.1, -0.05) is 54.6 Å². The van der Waals surface area contributed by atoms with Crippen LogP contribution in [0.5, 0.6) is 0 Å². The smallest absolute Gasteiger partial charge is 0.307 e. The molecule has 0 amide bonds. The lowest BCUT2D eigenvalue weighted by Crippen LogP contribution is -2.40. The largest absolute Gasteiger partial charge is 0.469 e. The summed E-state index contributed by atoms with van der Waals surface area (Å²) in [4.78, 5) is 14.2. The molecule has 1 aliphatic rings. The molecule has 0 aromatic heterocycles. The van der Waals surface area contributed by atoms with Gasteiger partial charge in [0.1, 0.15) is 0 Å². The van der Waals surface area contributed by atoms with Gasteiger partial charge in [-0.25, -0.2) is 0 Å². The maximum atomic E-state index is 12.0. The Morgan fingerprint density at radius 2 is 1.92 bits per heavy atom. The molecule has 0 saturated carbocycles. The average molecular weight is 325 g/mol. The van der Waals surface area contributed by atoms with Crippen molar-refractivity contribution in [3.05, 3.63) is 71.3 Å². The molecule has 126 valence electrons. The van der Waals surface area contributed by atoms with Crippen molar-refractivity contribution < 1.29 is 14.6 Å². The van der Waals surface area contributed by atoms with Crippen LogP contribution in [0.25, 0.3) is 0 Å². The van der Waals surface area contributed by atoms with Crippen molar-refractivity contribution in [1.29, 1.82) is 0 Å². The molecular formula is C20H23NO3. The molecule has 0 fully saturated rings. The molecule has 0 spiro atoms. The second-order valence-corrected chi connectivity index (χ2v) is 6.09. The molecule has 1 aliphatic heterocycles. The van der Waals surface area contributed by atoms with Crippen LogP contribution in [-0.2, 0) is 16.0 Å². The number of aliphatic hydroxyl groups is 1. The summed E-state index contributed by atoms with van der Waals surface area (Å²) < 4.78 is 4.91. The monoisotopic (exact) mass is 325 g/mol. The fraction of sp³-hybridized carbons (Fsp3) is 0.350. The van der Waals surface area contributed by atoms with Gasteiger partial charge < -0.3 is 9.84 Å². The standard InChI is InChI=1S/C20H23NO3/c1-24-20(23)13-18-17-10-6-5-7-15(17)11-12-21(18)19(14-22)16-8-3-2-4-9-16/h2-10,18-19,22H,11-14H2,1H3/t18-,19+/m1/s1. The number of nitrogens with zero attached hydrogens (tertiary/aromatic N) is 1. The Labute approximate surface area is 142 Å². The van der Waals surface area contributed by atoms with Crippen LogP contribution in [0.2, 0.25) is 0 Å². The number of ether oxygens (including phenoxy) is 1. The van der Waals surface area contributed by atoms with Crippen LogP contribution >= 0.6 is 0 Å². The summed E-state index contributed by atoms with van der Waals surface area (Å²) in [5.41, 5.74) is 3.49. The third-order valence-corrected chi connectivity index (χ3v) is 4.80. The highest BCUT2D eigenvalue weighted by molar-refractivity contribution is 5.70. The van der Waals surface area contributed by atoms with Crippen LogP contribution < -0.4 is 0 Å². The van der Waals surface area contributed by atoms with E-state index < -0.39 is 0 Å². The van der Waals surface area contributed by atoms with Gasteiger partial charge in [0.2, 0.25) is 0 Å². The van der Waals surface area contributed by atoms with Crippen LogP contribution in [0.3, 0.4) is 0 Å². The normalized spacial score (nSPS) is 18.7. The van der Waals surface area contributed by atoms with Gasteiger partial charge in [0.25, 0.3) is 0 Å². The van der Waals surface area contributed by atoms with Crippen molar-refractivity contribution in [2.45, 2.75) is 24.9 Å². The predicted molar refractivity (Wildman–Crippen MR) is 92.5 cm³/mol. The van der Waals surface area contributed by atoms with E-state index in [-0.39, 0.29) is 31.1 Å². The quantitative estimate of drug-likeness (QED) is 0.859. The summed E-state index contributed by atoms with van der Waals surface area (Å²) in [6.45, 7) is 0.822. The van der Waals surface area contributed by atoms with Crippen LogP contribution in [0.1, 0.15) is 35.2 Å². The summed E-state index contributed by atoms with van der Waals surface area (Å²) in [6.07, 6.45) is 1.20. The van der Waals surface area contributed by atoms with E-state index in [1.165, 1.54) is 12.7 Å². The third kappa shape index (κ3) is 3.35. The first-order chi connectivity index (χ1) is 11.7. The van der Waals surface area contributed by atoms with Crippen LogP contribution in [0, 0.1) is 0 Å². The van der Waals surface area contributed by atoms with Gasteiger partial charge in [-0.3, -0.25) is 9.69 Å².